The van der Waals surface area contributed by atoms with Gasteiger partial charge in [-0.1, -0.05) is 18.5 Å². The highest BCUT2D eigenvalue weighted by Gasteiger charge is 2.17. The fraction of sp³-hybridized carbons (Fsp3) is 0.529. The second kappa shape index (κ2) is 8.31. The number of benzene rings is 1. The van der Waals surface area contributed by atoms with Gasteiger partial charge in [0.1, 0.15) is 0 Å². The highest BCUT2D eigenvalue weighted by Crippen LogP contribution is 2.24. The summed E-state index contributed by atoms with van der Waals surface area (Å²) in [5.74, 6) is 0.215. The van der Waals surface area contributed by atoms with E-state index in [9.17, 15) is 9.59 Å². The van der Waals surface area contributed by atoms with E-state index in [0.717, 1.165) is 25.6 Å². The van der Waals surface area contributed by atoms with Gasteiger partial charge in [-0.15, -0.1) is 0 Å². The van der Waals surface area contributed by atoms with Crippen LogP contribution in [0, 0.1) is 5.92 Å². The summed E-state index contributed by atoms with van der Waals surface area (Å²) in [6, 6.07) is 4.68. The first-order valence-corrected chi connectivity index (χ1v) is 8.27. The molecule has 1 aromatic carbocycles. The van der Waals surface area contributed by atoms with Gasteiger partial charge in [0.2, 0.25) is 5.91 Å². The van der Waals surface area contributed by atoms with Crippen LogP contribution in [0.3, 0.4) is 0 Å². The van der Waals surface area contributed by atoms with E-state index in [1.165, 1.54) is 26.0 Å². The monoisotopic (exact) mass is 338 g/mol. The lowest BCUT2D eigenvalue weighted by Crippen LogP contribution is -2.35. The molecule has 0 saturated carbocycles. The number of likely N-dealkylation sites (tertiary alicyclic amines) is 1. The van der Waals surface area contributed by atoms with Gasteiger partial charge in [0.15, 0.2) is 0 Å². The molecule has 1 fully saturated rings. The van der Waals surface area contributed by atoms with Gasteiger partial charge in [-0.2, -0.15) is 0 Å². The zero-order valence-corrected chi connectivity index (χ0v) is 14.4. The van der Waals surface area contributed by atoms with E-state index >= 15 is 0 Å². The number of hydrogen-bond acceptors (Lipinski definition) is 4. The molecule has 23 heavy (non-hydrogen) atoms. The van der Waals surface area contributed by atoms with Crippen molar-refractivity contribution in [3.8, 4) is 0 Å². The standard InChI is InChI=1S/C17H23ClN2O3/c1-12-5-8-20(9-6-12)10-7-16(21)19-15-11-13(17(22)23-2)3-4-14(15)18/h3-4,11-12H,5-10H2,1-2H3,(H,19,21). The van der Waals surface area contributed by atoms with Gasteiger partial charge >= 0.3 is 5.97 Å². The number of piperidine rings is 1. The Labute approximate surface area is 141 Å². The van der Waals surface area contributed by atoms with Gasteiger partial charge in [-0.3, -0.25) is 4.79 Å². The molecule has 6 heteroatoms. The zero-order valence-electron chi connectivity index (χ0n) is 13.6. The first kappa shape index (κ1) is 17.8. The van der Waals surface area contributed by atoms with Crippen LogP contribution in [0.4, 0.5) is 5.69 Å². The molecule has 1 aromatic rings. The van der Waals surface area contributed by atoms with E-state index in [-0.39, 0.29) is 5.91 Å². The number of hydrogen-bond donors (Lipinski definition) is 1. The molecule has 0 unspecified atom stereocenters. The Hall–Kier alpha value is -1.59. The third-order valence-corrected chi connectivity index (χ3v) is 4.52. The maximum atomic E-state index is 12.1. The lowest BCUT2D eigenvalue weighted by atomic mass is 9.99. The first-order valence-electron chi connectivity index (χ1n) is 7.89. The average molecular weight is 339 g/mol. The normalized spacial score (nSPS) is 16.1. The number of amides is 1. The summed E-state index contributed by atoms with van der Waals surface area (Å²) >= 11 is 6.08. The Kier molecular flexibility index (Phi) is 6.42. The molecule has 0 spiro atoms. The van der Waals surface area contributed by atoms with Gasteiger partial charge in [0.05, 0.1) is 23.4 Å². The number of nitrogens with zero attached hydrogens (tertiary/aromatic N) is 1. The highest BCUT2D eigenvalue weighted by atomic mass is 35.5. The molecule has 1 heterocycles. The predicted octanol–water partition coefficient (Wildman–Crippen LogP) is 3.19. The number of esters is 1. The Balaban J connectivity index is 1.88. The maximum Gasteiger partial charge on any atom is 0.337 e. The molecule has 2 rings (SSSR count). The van der Waals surface area contributed by atoms with Crippen LogP contribution in [0.1, 0.15) is 36.5 Å². The molecule has 0 aliphatic carbocycles. The summed E-state index contributed by atoms with van der Waals surface area (Å²) in [5.41, 5.74) is 0.795. The summed E-state index contributed by atoms with van der Waals surface area (Å²) in [6.07, 6.45) is 2.79. The molecule has 0 aromatic heterocycles. The van der Waals surface area contributed by atoms with Gasteiger partial charge in [-0.25, -0.2) is 4.79 Å². The van der Waals surface area contributed by atoms with Crippen molar-refractivity contribution in [1.82, 2.24) is 4.90 Å². The van der Waals surface area contributed by atoms with E-state index in [4.69, 9.17) is 11.6 Å². The van der Waals surface area contributed by atoms with Crippen LogP contribution in [-0.2, 0) is 9.53 Å². The van der Waals surface area contributed by atoms with Gasteiger partial charge in [-0.05, 0) is 50.0 Å². The van der Waals surface area contributed by atoms with Crippen LogP contribution < -0.4 is 5.32 Å². The minimum Gasteiger partial charge on any atom is -0.465 e. The summed E-state index contributed by atoms with van der Waals surface area (Å²) in [5, 5.41) is 3.17. The van der Waals surface area contributed by atoms with Gasteiger partial charge < -0.3 is 15.0 Å². The van der Waals surface area contributed by atoms with Crippen LogP contribution in [-0.4, -0.2) is 43.5 Å². The average Bonchev–Trinajstić information content (AvgIpc) is 2.55. The molecule has 1 aliphatic heterocycles. The zero-order chi connectivity index (χ0) is 16.8. The quantitative estimate of drug-likeness (QED) is 0.838. The van der Waals surface area contributed by atoms with Crippen molar-refractivity contribution in [2.75, 3.05) is 32.1 Å². The second-order valence-electron chi connectivity index (χ2n) is 6.01. The van der Waals surface area contributed by atoms with E-state index in [0.29, 0.717) is 22.7 Å². The topological polar surface area (TPSA) is 58.6 Å². The van der Waals surface area contributed by atoms with Crippen molar-refractivity contribution in [3.05, 3.63) is 28.8 Å². The lowest BCUT2D eigenvalue weighted by molar-refractivity contribution is -0.116. The first-order chi connectivity index (χ1) is 11.0. The number of halogens is 1. The van der Waals surface area contributed by atoms with Gasteiger partial charge in [0.25, 0.3) is 0 Å². The number of carbonyl (C=O) groups excluding carboxylic acids is 2. The maximum absolute atomic E-state index is 12.1. The number of methoxy groups -OCH3 is 1. The number of nitrogens with one attached hydrogen (secondary N) is 1. The van der Waals surface area contributed by atoms with Crippen LogP contribution in [0.15, 0.2) is 18.2 Å². The van der Waals surface area contributed by atoms with Crippen LogP contribution in [0.25, 0.3) is 0 Å². The van der Waals surface area contributed by atoms with Crippen molar-refractivity contribution in [1.29, 1.82) is 0 Å². The summed E-state index contributed by atoms with van der Waals surface area (Å²) in [6.45, 7) is 5.10. The Morgan fingerprint density at radius 3 is 2.70 bits per heavy atom. The summed E-state index contributed by atoms with van der Waals surface area (Å²) in [4.78, 5) is 26.0. The van der Waals surface area contributed by atoms with Crippen molar-refractivity contribution >= 4 is 29.2 Å². The fourth-order valence-electron chi connectivity index (χ4n) is 2.62. The van der Waals surface area contributed by atoms with Gasteiger partial charge in [0, 0.05) is 13.0 Å². The number of carbonyl (C=O) groups is 2. The van der Waals surface area contributed by atoms with E-state index in [1.54, 1.807) is 12.1 Å². The molecule has 0 atom stereocenters. The molecule has 1 N–H and O–H groups in total. The number of anilines is 1. The van der Waals surface area contributed by atoms with Crippen molar-refractivity contribution in [2.24, 2.45) is 5.92 Å². The molecule has 1 amide bonds. The molecular weight excluding hydrogens is 316 g/mol. The third-order valence-electron chi connectivity index (χ3n) is 4.19. The molecule has 1 saturated heterocycles. The van der Waals surface area contributed by atoms with E-state index < -0.39 is 5.97 Å². The minimum absolute atomic E-state index is 0.104. The van der Waals surface area contributed by atoms with Crippen LogP contribution in [0.2, 0.25) is 5.02 Å². The summed E-state index contributed by atoms with van der Waals surface area (Å²) < 4.78 is 4.67. The van der Waals surface area contributed by atoms with E-state index in [2.05, 4.69) is 21.9 Å². The van der Waals surface area contributed by atoms with Crippen molar-refractivity contribution in [2.45, 2.75) is 26.2 Å². The van der Waals surface area contributed by atoms with Crippen molar-refractivity contribution < 1.29 is 14.3 Å². The minimum atomic E-state index is -0.459. The number of rotatable bonds is 5. The fourth-order valence-corrected chi connectivity index (χ4v) is 2.79. The number of ether oxygens (including phenoxy) is 1. The highest BCUT2D eigenvalue weighted by molar-refractivity contribution is 6.33. The van der Waals surface area contributed by atoms with Crippen LogP contribution in [0.5, 0.6) is 0 Å². The SMILES string of the molecule is COC(=O)c1ccc(Cl)c(NC(=O)CCN2CCC(C)CC2)c1. The second-order valence-corrected chi connectivity index (χ2v) is 6.42. The smallest absolute Gasteiger partial charge is 0.337 e. The molecule has 0 bridgehead atoms. The lowest BCUT2D eigenvalue weighted by Gasteiger charge is -2.29. The molecule has 5 nitrogen and oxygen atoms in total. The predicted molar refractivity (Wildman–Crippen MR) is 90.9 cm³/mol. The van der Waals surface area contributed by atoms with Crippen LogP contribution >= 0.6 is 11.6 Å². The molecular formula is C17H23ClN2O3. The molecule has 0 radical (unpaired) electrons. The Bertz CT molecular complexity index is 569. The van der Waals surface area contributed by atoms with Crippen molar-refractivity contribution in [3.63, 3.8) is 0 Å². The largest absolute Gasteiger partial charge is 0.465 e. The summed E-state index contributed by atoms with van der Waals surface area (Å²) in [7, 11) is 1.31. The third kappa shape index (κ3) is 5.22. The Morgan fingerprint density at radius 2 is 2.04 bits per heavy atom. The van der Waals surface area contributed by atoms with E-state index in [1.807, 2.05) is 0 Å². The Morgan fingerprint density at radius 1 is 1.35 bits per heavy atom. The molecule has 1 aliphatic rings. The molecule has 126 valence electrons.